The number of aromatic nitrogens is 3. The van der Waals surface area contributed by atoms with Gasteiger partial charge in [-0.15, -0.1) is 11.3 Å². The zero-order valence-corrected chi connectivity index (χ0v) is 17.8. The van der Waals surface area contributed by atoms with E-state index in [2.05, 4.69) is 47.0 Å². The summed E-state index contributed by atoms with van der Waals surface area (Å²) in [4.78, 5) is 17.2. The Labute approximate surface area is 176 Å². The van der Waals surface area contributed by atoms with E-state index in [4.69, 9.17) is 9.72 Å². The van der Waals surface area contributed by atoms with E-state index in [0.717, 1.165) is 65.9 Å². The zero-order chi connectivity index (χ0) is 20.1. The highest BCUT2D eigenvalue weighted by Crippen LogP contribution is 2.37. The summed E-state index contributed by atoms with van der Waals surface area (Å²) in [7, 11) is 2.13. The first-order chi connectivity index (χ1) is 14.3. The molecule has 3 aromatic rings. The van der Waals surface area contributed by atoms with Crippen molar-refractivity contribution in [3.8, 4) is 21.1 Å². The van der Waals surface area contributed by atoms with Crippen molar-refractivity contribution in [1.29, 1.82) is 0 Å². The predicted molar refractivity (Wildman–Crippen MR) is 120 cm³/mol. The van der Waals surface area contributed by atoms with Crippen LogP contribution in [0.3, 0.4) is 0 Å². The van der Waals surface area contributed by atoms with Crippen molar-refractivity contribution in [2.45, 2.75) is 26.2 Å². The number of anilines is 1. The van der Waals surface area contributed by atoms with Gasteiger partial charge in [0.25, 0.3) is 0 Å². The summed E-state index contributed by atoms with van der Waals surface area (Å²) in [5.74, 6) is 0. The van der Waals surface area contributed by atoms with Gasteiger partial charge >= 0.3 is 0 Å². The number of thiazole rings is 1. The second kappa shape index (κ2) is 9.29. The van der Waals surface area contributed by atoms with Gasteiger partial charge in [0.05, 0.1) is 28.6 Å². The number of hydrogen-bond donors (Lipinski definition) is 0. The van der Waals surface area contributed by atoms with Gasteiger partial charge in [-0.1, -0.05) is 13.0 Å². The highest BCUT2D eigenvalue weighted by atomic mass is 32.1. The summed E-state index contributed by atoms with van der Waals surface area (Å²) in [6.07, 6.45) is 10.8. The zero-order valence-electron chi connectivity index (χ0n) is 17.0. The van der Waals surface area contributed by atoms with Crippen molar-refractivity contribution in [1.82, 2.24) is 15.0 Å². The molecule has 0 fully saturated rings. The molecule has 0 N–H and O–H groups in total. The van der Waals surface area contributed by atoms with Gasteiger partial charge in [-0.05, 0) is 49.1 Å². The van der Waals surface area contributed by atoms with Crippen LogP contribution in [0.1, 0.15) is 31.9 Å². The van der Waals surface area contributed by atoms with Crippen molar-refractivity contribution in [2.75, 3.05) is 31.7 Å². The normalized spacial score (nSPS) is 15.0. The van der Waals surface area contributed by atoms with Crippen molar-refractivity contribution in [3.05, 3.63) is 54.6 Å². The lowest BCUT2D eigenvalue weighted by molar-refractivity contribution is 0.139. The van der Waals surface area contributed by atoms with E-state index < -0.39 is 0 Å². The number of fused-ring (bicyclic) bond motifs is 1. The summed E-state index contributed by atoms with van der Waals surface area (Å²) in [6.45, 7) is 4.75. The van der Waals surface area contributed by atoms with E-state index in [1.165, 1.54) is 11.3 Å². The van der Waals surface area contributed by atoms with Crippen LogP contribution in [-0.2, 0) is 4.74 Å². The molecule has 1 aliphatic rings. The fourth-order valence-corrected chi connectivity index (χ4v) is 4.31. The molecular weight excluding hydrogens is 380 g/mol. The highest BCUT2D eigenvalue weighted by Gasteiger charge is 2.20. The molecule has 3 aromatic heterocycles. The minimum atomic E-state index is 0.769. The largest absolute Gasteiger partial charge is 0.381 e. The number of nitrogens with zero attached hydrogens (tertiary/aromatic N) is 4. The van der Waals surface area contributed by atoms with Crippen molar-refractivity contribution < 1.29 is 4.74 Å². The molecule has 4 rings (SSSR count). The minimum Gasteiger partial charge on any atom is -0.381 e. The van der Waals surface area contributed by atoms with E-state index >= 15 is 0 Å². The molecule has 0 amide bonds. The Morgan fingerprint density at radius 2 is 2.14 bits per heavy atom. The smallest absolute Gasteiger partial charge is 0.125 e. The molecule has 0 bridgehead atoms. The molecule has 0 spiro atoms. The number of rotatable bonds is 7. The molecule has 0 aromatic carbocycles. The fourth-order valence-electron chi connectivity index (χ4n) is 3.44. The molecular formula is C23H26N4OS. The summed E-state index contributed by atoms with van der Waals surface area (Å²) in [6, 6.07) is 8.25. The van der Waals surface area contributed by atoms with Gasteiger partial charge in [0, 0.05) is 44.4 Å². The average Bonchev–Trinajstić information content (AvgIpc) is 3.26. The molecule has 6 heteroatoms. The first-order valence-electron chi connectivity index (χ1n) is 10.1. The lowest BCUT2D eigenvalue weighted by atomic mass is 10.00. The van der Waals surface area contributed by atoms with Crippen LogP contribution < -0.4 is 4.90 Å². The quantitative estimate of drug-likeness (QED) is 0.498. The fraction of sp³-hybridized carbons (Fsp3) is 0.348. The molecule has 0 atom stereocenters. The summed E-state index contributed by atoms with van der Waals surface area (Å²) in [5, 5.41) is 0.966. The maximum Gasteiger partial charge on any atom is 0.125 e. The Kier molecular flexibility index (Phi) is 6.32. The third kappa shape index (κ3) is 4.54. The van der Waals surface area contributed by atoms with E-state index in [-0.39, 0.29) is 0 Å². The van der Waals surface area contributed by atoms with Crippen molar-refractivity contribution in [2.24, 2.45) is 0 Å². The minimum absolute atomic E-state index is 0.769. The molecule has 5 nitrogen and oxygen atoms in total. The lowest BCUT2D eigenvalue weighted by Crippen LogP contribution is -2.25. The monoisotopic (exact) mass is 406 g/mol. The first kappa shape index (κ1) is 19.7. The second-order valence-corrected chi connectivity index (χ2v) is 8.17. The van der Waals surface area contributed by atoms with Gasteiger partial charge in [-0.2, -0.15) is 0 Å². The van der Waals surface area contributed by atoms with Crippen LogP contribution in [0.15, 0.2) is 48.9 Å². The van der Waals surface area contributed by atoms with Crippen molar-refractivity contribution in [3.63, 3.8) is 0 Å². The number of pyridine rings is 2. The Balaban J connectivity index is 1.60. The average molecular weight is 407 g/mol. The predicted octanol–water partition coefficient (Wildman–Crippen LogP) is 5.31. The molecule has 0 saturated carbocycles. The SMILES string of the molecule is CCCOCC/C=C1\CCN(C)c2ccc(-c3cnc(-c4cccnc4)s3)nc21. The molecule has 0 saturated heterocycles. The number of hydrogen-bond acceptors (Lipinski definition) is 6. The molecule has 0 radical (unpaired) electrons. The Morgan fingerprint density at radius 1 is 1.21 bits per heavy atom. The standard InChI is InChI=1S/C23H26N4OS/c1-3-13-28-14-5-7-17-10-12-27(2)20-9-8-19(26-22(17)20)21-16-25-23(29-21)18-6-4-11-24-15-18/h4,6-9,11,15-16H,3,5,10,12-14H2,1-2H3/b17-7+. The maximum atomic E-state index is 5.63. The van der Waals surface area contributed by atoms with Crippen LogP contribution in [0.25, 0.3) is 26.7 Å². The van der Waals surface area contributed by atoms with E-state index in [9.17, 15) is 0 Å². The van der Waals surface area contributed by atoms with E-state index in [0.29, 0.717) is 0 Å². The first-order valence-corrected chi connectivity index (χ1v) is 10.9. The third-order valence-electron chi connectivity index (χ3n) is 4.97. The van der Waals surface area contributed by atoms with Gasteiger partial charge in [-0.3, -0.25) is 4.98 Å². The third-order valence-corrected chi connectivity index (χ3v) is 6.04. The maximum absolute atomic E-state index is 5.63. The van der Waals surface area contributed by atoms with Gasteiger partial charge in [0.15, 0.2) is 0 Å². The Morgan fingerprint density at radius 3 is 2.97 bits per heavy atom. The van der Waals surface area contributed by atoms with Crippen LogP contribution in [0.5, 0.6) is 0 Å². The topological polar surface area (TPSA) is 51.1 Å². The Hall–Kier alpha value is -2.57. The second-order valence-electron chi connectivity index (χ2n) is 7.14. The van der Waals surface area contributed by atoms with Gasteiger partial charge in [0.1, 0.15) is 5.01 Å². The van der Waals surface area contributed by atoms with Gasteiger partial charge in [-0.25, -0.2) is 9.97 Å². The van der Waals surface area contributed by atoms with Crippen LogP contribution in [0, 0.1) is 0 Å². The molecule has 1 aliphatic heterocycles. The van der Waals surface area contributed by atoms with Crippen LogP contribution in [0.4, 0.5) is 5.69 Å². The number of ether oxygens (including phenoxy) is 1. The molecule has 150 valence electrons. The Bertz CT molecular complexity index is 984. The van der Waals surface area contributed by atoms with E-state index in [1.54, 1.807) is 17.5 Å². The molecule has 0 unspecified atom stereocenters. The summed E-state index contributed by atoms with van der Waals surface area (Å²) in [5.41, 5.74) is 5.60. The summed E-state index contributed by atoms with van der Waals surface area (Å²) < 4.78 is 5.63. The van der Waals surface area contributed by atoms with Crippen LogP contribution >= 0.6 is 11.3 Å². The van der Waals surface area contributed by atoms with E-state index in [1.807, 2.05) is 24.5 Å². The molecule has 0 aliphatic carbocycles. The summed E-state index contributed by atoms with van der Waals surface area (Å²) >= 11 is 1.65. The van der Waals surface area contributed by atoms with Gasteiger partial charge < -0.3 is 9.64 Å². The van der Waals surface area contributed by atoms with Crippen LogP contribution in [0.2, 0.25) is 0 Å². The molecule has 29 heavy (non-hydrogen) atoms. The van der Waals surface area contributed by atoms with Gasteiger partial charge in [0.2, 0.25) is 0 Å². The van der Waals surface area contributed by atoms with Crippen LogP contribution in [-0.4, -0.2) is 41.8 Å². The highest BCUT2D eigenvalue weighted by molar-refractivity contribution is 7.18. The molecule has 4 heterocycles. The lowest BCUT2D eigenvalue weighted by Gasteiger charge is -2.28. The van der Waals surface area contributed by atoms with Crippen molar-refractivity contribution >= 4 is 22.6 Å².